The van der Waals surface area contributed by atoms with Gasteiger partial charge in [-0.2, -0.15) is 0 Å². The van der Waals surface area contributed by atoms with Crippen LogP contribution >= 0.6 is 0 Å². The van der Waals surface area contributed by atoms with Crippen molar-refractivity contribution in [2.75, 3.05) is 6.54 Å². The maximum atomic E-state index is 10.2. The highest BCUT2D eigenvalue weighted by molar-refractivity contribution is 5.75. The number of aliphatic carboxylic acids is 1. The lowest BCUT2D eigenvalue weighted by atomic mass is 10.2. The molecule has 0 aromatic rings. The summed E-state index contributed by atoms with van der Waals surface area (Å²) < 4.78 is 0. The number of guanidine groups is 1. The van der Waals surface area contributed by atoms with E-state index in [1.807, 2.05) is 0 Å². The molecule has 16 heavy (non-hydrogen) atoms. The van der Waals surface area contributed by atoms with E-state index >= 15 is 0 Å². The van der Waals surface area contributed by atoms with Gasteiger partial charge in [-0.05, 0) is 12.8 Å². The molecule has 0 aromatic carbocycles. The van der Waals surface area contributed by atoms with E-state index in [0.29, 0.717) is 19.4 Å². The van der Waals surface area contributed by atoms with E-state index in [2.05, 4.69) is 4.99 Å². The van der Waals surface area contributed by atoms with Crippen molar-refractivity contribution in [3.05, 3.63) is 0 Å². The van der Waals surface area contributed by atoms with Gasteiger partial charge in [0.2, 0.25) is 0 Å². The van der Waals surface area contributed by atoms with Crippen LogP contribution < -0.4 is 17.2 Å². The van der Waals surface area contributed by atoms with E-state index in [1.165, 1.54) is 0 Å². The van der Waals surface area contributed by atoms with Crippen molar-refractivity contribution in [1.82, 2.24) is 0 Å². The Labute approximate surface area is 92.4 Å². The number of carboxylic acid groups (broad SMARTS) is 1. The highest BCUT2D eigenvalue weighted by Crippen LogP contribution is 1.94. The first kappa shape index (κ1) is 29.3. The fourth-order valence-corrected chi connectivity index (χ4v) is 0.643. The van der Waals surface area contributed by atoms with E-state index in [1.54, 1.807) is 0 Å². The van der Waals surface area contributed by atoms with Crippen molar-refractivity contribution in [3.8, 4) is 0 Å². The van der Waals surface area contributed by atoms with Crippen molar-refractivity contribution in [2.45, 2.75) is 18.9 Å². The predicted molar refractivity (Wildman–Crippen MR) is 60.0 cm³/mol. The zero-order chi connectivity index (χ0) is 9.56. The van der Waals surface area contributed by atoms with Crippen LogP contribution in [0, 0.1) is 0 Å². The average Bonchev–Trinajstić information content (AvgIpc) is 1.97. The summed E-state index contributed by atoms with van der Waals surface area (Å²) in [7, 11) is 0. The average molecular weight is 246 g/mol. The van der Waals surface area contributed by atoms with Crippen molar-refractivity contribution in [1.29, 1.82) is 0 Å². The summed E-state index contributed by atoms with van der Waals surface area (Å²) in [5.74, 6) is -0.987. The monoisotopic (exact) mass is 246 g/mol. The lowest BCUT2D eigenvalue weighted by Crippen LogP contribution is -2.30. The Balaban J connectivity index is -0.000000101. The minimum Gasteiger partial charge on any atom is -0.480 e. The molecule has 0 saturated carbocycles. The molecule has 10 heteroatoms. The molecule has 10 nitrogen and oxygen atoms in total. The second kappa shape index (κ2) is 16.0. The highest BCUT2D eigenvalue weighted by Gasteiger charge is 2.09. The van der Waals surface area contributed by atoms with E-state index in [-0.39, 0.29) is 27.9 Å². The molecule has 0 unspecified atom stereocenters. The molecule has 0 amide bonds. The van der Waals surface area contributed by atoms with Gasteiger partial charge in [-0.25, -0.2) is 0 Å². The molecular weight excluding hydrogens is 224 g/mol. The first-order valence-electron chi connectivity index (χ1n) is 3.58. The van der Waals surface area contributed by atoms with Crippen LogP contribution in [0.15, 0.2) is 4.99 Å². The molecule has 0 bridgehead atoms. The fourth-order valence-electron chi connectivity index (χ4n) is 0.643. The van der Waals surface area contributed by atoms with Crippen LogP contribution in [0.5, 0.6) is 0 Å². The van der Waals surface area contributed by atoms with Crippen LogP contribution in [0.1, 0.15) is 12.8 Å². The Hall–Kier alpha value is -1.46. The Morgan fingerprint density at radius 1 is 1.19 bits per heavy atom. The number of rotatable bonds is 5. The van der Waals surface area contributed by atoms with Gasteiger partial charge in [0.25, 0.3) is 0 Å². The summed E-state index contributed by atoms with van der Waals surface area (Å²) in [6, 6.07) is -0.820. The van der Waals surface area contributed by atoms with Crippen molar-refractivity contribution < 1.29 is 31.8 Å². The van der Waals surface area contributed by atoms with Crippen LogP contribution in [0.4, 0.5) is 0 Å². The SMILES string of the molecule is NC(N)=NCCC[C@H](N)C(=O)O.O.O.O.O. The number of hydrogen-bond donors (Lipinski definition) is 4. The molecular formula is C6H22N4O6. The number of carbonyl (C=O) groups is 1. The second-order valence-corrected chi connectivity index (χ2v) is 2.39. The smallest absolute Gasteiger partial charge is 0.320 e. The molecule has 0 aliphatic heterocycles. The molecule has 0 radical (unpaired) electrons. The molecule has 0 aromatic heterocycles. The van der Waals surface area contributed by atoms with Gasteiger partial charge in [-0.15, -0.1) is 0 Å². The standard InChI is InChI=1S/C6H14N4O2.4H2O/c7-4(5(11)12)2-1-3-10-6(8)9;;;;/h4H,1-3,7H2,(H,11,12)(H4,8,9,10);4*1H2/t4-;;;;/m0..../s1. The van der Waals surface area contributed by atoms with Crippen molar-refractivity contribution in [2.24, 2.45) is 22.2 Å². The van der Waals surface area contributed by atoms with Crippen LogP contribution in [0.2, 0.25) is 0 Å². The number of carboxylic acids is 1. The first-order valence-corrected chi connectivity index (χ1v) is 3.58. The zero-order valence-electron chi connectivity index (χ0n) is 8.73. The summed E-state index contributed by atoms with van der Waals surface area (Å²) in [5.41, 5.74) is 15.3. The summed E-state index contributed by atoms with van der Waals surface area (Å²) >= 11 is 0. The molecule has 0 saturated heterocycles. The molecule has 102 valence electrons. The van der Waals surface area contributed by atoms with Crippen molar-refractivity contribution >= 4 is 11.9 Å². The predicted octanol–water partition coefficient (Wildman–Crippen LogP) is -4.85. The van der Waals surface area contributed by atoms with E-state index in [4.69, 9.17) is 22.3 Å². The Morgan fingerprint density at radius 3 is 1.94 bits per heavy atom. The Kier molecular flexibility index (Phi) is 29.3. The number of nitrogens with zero attached hydrogens (tertiary/aromatic N) is 1. The van der Waals surface area contributed by atoms with E-state index in [9.17, 15) is 4.79 Å². The summed E-state index contributed by atoms with van der Waals surface area (Å²) in [4.78, 5) is 13.9. The molecule has 0 fully saturated rings. The molecule has 1 atom stereocenters. The van der Waals surface area contributed by atoms with Crippen LogP contribution in [-0.4, -0.2) is 51.5 Å². The van der Waals surface area contributed by atoms with Gasteiger partial charge in [0.15, 0.2) is 5.96 Å². The molecule has 0 aliphatic rings. The lowest BCUT2D eigenvalue weighted by molar-refractivity contribution is -0.138. The minimum absolute atomic E-state index is 0. The molecule has 0 heterocycles. The third-order valence-corrected chi connectivity index (χ3v) is 1.28. The third-order valence-electron chi connectivity index (χ3n) is 1.28. The molecule has 15 N–H and O–H groups in total. The molecule has 0 rings (SSSR count). The fraction of sp³-hybridized carbons (Fsp3) is 0.667. The highest BCUT2D eigenvalue weighted by atomic mass is 16.4. The maximum absolute atomic E-state index is 10.2. The Bertz CT molecular complexity index is 184. The van der Waals surface area contributed by atoms with Gasteiger partial charge in [0.05, 0.1) is 0 Å². The summed E-state index contributed by atoms with van der Waals surface area (Å²) in [6.07, 6.45) is 0.956. The summed E-state index contributed by atoms with van der Waals surface area (Å²) in [5, 5.41) is 8.38. The lowest BCUT2D eigenvalue weighted by Gasteiger charge is -2.03. The van der Waals surface area contributed by atoms with Gasteiger partial charge in [-0.3, -0.25) is 9.79 Å². The van der Waals surface area contributed by atoms with Crippen molar-refractivity contribution in [3.63, 3.8) is 0 Å². The second-order valence-electron chi connectivity index (χ2n) is 2.39. The van der Waals surface area contributed by atoms with E-state index in [0.717, 1.165) is 0 Å². The van der Waals surface area contributed by atoms with Crippen LogP contribution in [-0.2, 0) is 4.79 Å². The normalized spacial score (nSPS) is 9.06. The molecule has 0 spiro atoms. The largest absolute Gasteiger partial charge is 0.480 e. The van der Waals surface area contributed by atoms with Gasteiger partial charge < -0.3 is 44.2 Å². The van der Waals surface area contributed by atoms with E-state index < -0.39 is 12.0 Å². The van der Waals surface area contributed by atoms with Crippen LogP contribution in [0.3, 0.4) is 0 Å². The first-order chi connectivity index (χ1) is 5.54. The number of nitrogens with two attached hydrogens (primary N) is 3. The van der Waals surface area contributed by atoms with Crippen LogP contribution in [0.25, 0.3) is 0 Å². The molecule has 0 aliphatic carbocycles. The Morgan fingerprint density at radius 2 is 1.62 bits per heavy atom. The van der Waals surface area contributed by atoms with Gasteiger partial charge >= 0.3 is 5.97 Å². The topological polar surface area (TPSA) is 254 Å². The van der Waals surface area contributed by atoms with Gasteiger partial charge in [-0.1, -0.05) is 0 Å². The van der Waals surface area contributed by atoms with Gasteiger partial charge in [0.1, 0.15) is 6.04 Å². The number of aliphatic imine (C=N–C) groups is 1. The summed E-state index contributed by atoms with van der Waals surface area (Å²) in [6.45, 7) is 0.420. The zero-order valence-corrected chi connectivity index (χ0v) is 8.73. The quantitative estimate of drug-likeness (QED) is 0.210. The van der Waals surface area contributed by atoms with Gasteiger partial charge in [0, 0.05) is 6.54 Å². The third kappa shape index (κ3) is 18.3. The minimum atomic E-state index is -1.00. The maximum Gasteiger partial charge on any atom is 0.320 e. The number of hydrogen-bond acceptors (Lipinski definition) is 3.